The normalized spacial score (nSPS) is 24.5. The number of nitrogens with one attached hydrogen (secondary N) is 1. The van der Waals surface area contributed by atoms with Crippen LogP contribution < -0.4 is 10.2 Å². The maximum absolute atomic E-state index is 5.79. The summed E-state index contributed by atoms with van der Waals surface area (Å²) in [5.74, 6) is 1.15. The largest absolute Gasteiger partial charge is 0.381 e. The maximum Gasteiger partial charge on any atom is 0.130 e. The SMILES string of the molecule is Cc1cccc(CN=C2N(C3CCOC3)c3ccccc3NC23CCOCC3)c1. The van der Waals surface area contributed by atoms with Gasteiger partial charge in [0, 0.05) is 32.7 Å². The van der Waals surface area contributed by atoms with Crippen molar-refractivity contribution in [2.24, 2.45) is 4.99 Å². The van der Waals surface area contributed by atoms with Gasteiger partial charge in [-0.05, 0) is 31.0 Å². The summed E-state index contributed by atoms with van der Waals surface area (Å²) >= 11 is 0. The molecule has 5 nitrogen and oxygen atoms in total. The molecule has 1 atom stereocenters. The first-order valence-corrected chi connectivity index (χ1v) is 10.7. The molecular weight excluding hydrogens is 362 g/mol. The highest BCUT2D eigenvalue weighted by atomic mass is 16.5. The molecule has 5 rings (SSSR count). The second-order valence-corrected chi connectivity index (χ2v) is 8.35. The van der Waals surface area contributed by atoms with Crippen LogP contribution in [0.1, 0.15) is 30.4 Å². The van der Waals surface area contributed by atoms with Crippen molar-refractivity contribution in [3.05, 3.63) is 59.7 Å². The Morgan fingerprint density at radius 3 is 2.72 bits per heavy atom. The Morgan fingerprint density at radius 2 is 1.93 bits per heavy atom. The molecule has 0 radical (unpaired) electrons. The van der Waals surface area contributed by atoms with Gasteiger partial charge in [0.15, 0.2) is 0 Å². The molecule has 3 aliphatic rings. The Balaban J connectivity index is 1.60. The van der Waals surface area contributed by atoms with Gasteiger partial charge in [-0.25, -0.2) is 0 Å². The number of aliphatic imine (C=N–C) groups is 1. The number of amidine groups is 1. The first-order valence-electron chi connectivity index (χ1n) is 10.7. The fourth-order valence-corrected chi connectivity index (χ4v) is 4.82. The van der Waals surface area contributed by atoms with Gasteiger partial charge in [0.1, 0.15) is 5.84 Å². The van der Waals surface area contributed by atoms with Crippen LogP contribution in [-0.4, -0.2) is 43.8 Å². The summed E-state index contributed by atoms with van der Waals surface area (Å²) in [6.07, 6.45) is 2.89. The molecule has 1 spiro atoms. The first kappa shape index (κ1) is 18.6. The van der Waals surface area contributed by atoms with Gasteiger partial charge in [-0.3, -0.25) is 4.99 Å². The van der Waals surface area contributed by atoms with E-state index in [0.29, 0.717) is 12.6 Å². The lowest BCUT2D eigenvalue weighted by atomic mass is 9.84. The van der Waals surface area contributed by atoms with Crippen LogP contribution in [-0.2, 0) is 16.0 Å². The van der Waals surface area contributed by atoms with Crippen molar-refractivity contribution in [3.63, 3.8) is 0 Å². The zero-order valence-electron chi connectivity index (χ0n) is 17.1. The van der Waals surface area contributed by atoms with Crippen molar-refractivity contribution in [1.29, 1.82) is 0 Å². The molecule has 3 heterocycles. The highest BCUT2D eigenvalue weighted by Crippen LogP contribution is 2.42. The lowest BCUT2D eigenvalue weighted by Gasteiger charge is -2.50. The van der Waals surface area contributed by atoms with E-state index < -0.39 is 0 Å². The number of ether oxygens (including phenoxy) is 2. The van der Waals surface area contributed by atoms with Crippen molar-refractivity contribution in [2.45, 2.75) is 44.3 Å². The number of nitrogens with zero attached hydrogens (tertiary/aromatic N) is 2. The molecule has 1 unspecified atom stereocenters. The summed E-state index contributed by atoms with van der Waals surface area (Å²) in [5, 5.41) is 3.87. The van der Waals surface area contributed by atoms with Gasteiger partial charge in [-0.15, -0.1) is 0 Å². The van der Waals surface area contributed by atoms with Gasteiger partial charge < -0.3 is 19.7 Å². The molecular formula is C24H29N3O2. The topological polar surface area (TPSA) is 46.1 Å². The average molecular weight is 392 g/mol. The first-order chi connectivity index (χ1) is 14.3. The second kappa shape index (κ2) is 7.81. The summed E-state index contributed by atoms with van der Waals surface area (Å²) in [6.45, 7) is 5.91. The monoisotopic (exact) mass is 391 g/mol. The average Bonchev–Trinajstić information content (AvgIpc) is 3.27. The molecule has 1 N–H and O–H groups in total. The van der Waals surface area contributed by atoms with Crippen LogP contribution in [0.3, 0.4) is 0 Å². The van der Waals surface area contributed by atoms with E-state index in [1.54, 1.807) is 0 Å². The molecule has 0 aliphatic carbocycles. The van der Waals surface area contributed by atoms with Crippen LogP contribution >= 0.6 is 0 Å². The van der Waals surface area contributed by atoms with Crippen molar-refractivity contribution in [3.8, 4) is 0 Å². The van der Waals surface area contributed by atoms with Crippen molar-refractivity contribution < 1.29 is 9.47 Å². The minimum absolute atomic E-state index is 0.182. The second-order valence-electron chi connectivity index (χ2n) is 8.35. The Kier molecular flexibility index (Phi) is 5.02. The summed E-state index contributed by atoms with van der Waals surface area (Å²) < 4.78 is 11.5. The number of hydrogen-bond acceptors (Lipinski definition) is 4. The van der Waals surface area contributed by atoms with Gasteiger partial charge >= 0.3 is 0 Å². The number of fused-ring (bicyclic) bond motifs is 1. The number of para-hydroxylation sites is 2. The number of rotatable bonds is 3. The van der Waals surface area contributed by atoms with Crippen molar-refractivity contribution in [1.82, 2.24) is 0 Å². The minimum atomic E-state index is -0.182. The third-order valence-electron chi connectivity index (χ3n) is 6.30. The van der Waals surface area contributed by atoms with Crippen molar-refractivity contribution in [2.75, 3.05) is 36.6 Å². The molecule has 5 heteroatoms. The smallest absolute Gasteiger partial charge is 0.130 e. The van der Waals surface area contributed by atoms with Gasteiger partial charge in [0.2, 0.25) is 0 Å². The quantitative estimate of drug-likeness (QED) is 0.853. The van der Waals surface area contributed by atoms with E-state index in [9.17, 15) is 0 Å². The van der Waals surface area contributed by atoms with Crippen LogP contribution in [0.25, 0.3) is 0 Å². The molecule has 2 saturated heterocycles. The van der Waals surface area contributed by atoms with E-state index in [2.05, 4.69) is 65.7 Å². The van der Waals surface area contributed by atoms with E-state index in [4.69, 9.17) is 14.5 Å². The predicted molar refractivity (Wildman–Crippen MR) is 117 cm³/mol. The molecule has 2 aromatic rings. The van der Waals surface area contributed by atoms with Gasteiger partial charge in [-0.2, -0.15) is 0 Å². The minimum Gasteiger partial charge on any atom is -0.381 e. The summed E-state index contributed by atoms with van der Waals surface area (Å²) in [7, 11) is 0. The number of aryl methyl sites for hydroxylation is 1. The molecule has 29 heavy (non-hydrogen) atoms. The van der Waals surface area contributed by atoms with E-state index in [-0.39, 0.29) is 5.54 Å². The standard InChI is InChI=1S/C24H29N3O2/c1-18-5-4-6-19(15-18)16-25-23-24(10-13-28-14-11-24)26-21-7-2-3-8-22(21)27(23)20-9-12-29-17-20/h2-8,15,20,26H,9-14,16-17H2,1H3. The number of benzene rings is 2. The van der Waals surface area contributed by atoms with Gasteiger partial charge in [0.25, 0.3) is 0 Å². The van der Waals surface area contributed by atoms with Gasteiger partial charge in [-0.1, -0.05) is 42.0 Å². The Morgan fingerprint density at radius 1 is 1.07 bits per heavy atom. The predicted octanol–water partition coefficient (Wildman–Crippen LogP) is 4.16. The molecule has 0 aromatic heterocycles. The fraction of sp³-hybridized carbons (Fsp3) is 0.458. The van der Waals surface area contributed by atoms with Crippen LogP contribution in [0.5, 0.6) is 0 Å². The lowest BCUT2D eigenvalue weighted by Crippen LogP contribution is -2.62. The highest BCUT2D eigenvalue weighted by Gasteiger charge is 2.47. The Bertz CT molecular complexity index is 899. The molecule has 0 bridgehead atoms. The fourth-order valence-electron chi connectivity index (χ4n) is 4.82. The van der Waals surface area contributed by atoms with Crippen molar-refractivity contribution >= 4 is 17.2 Å². The zero-order valence-corrected chi connectivity index (χ0v) is 17.1. The van der Waals surface area contributed by atoms with E-state index >= 15 is 0 Å². The van der Waals surface area contributed by atoms with Crippen LogP contribution in [0.4, 0.5) is 11.4 Å². The Hall–Kier alpha value is -2.37. The Labute approximate surface area is 172 Å². The van der Waals surface area contributed by atoms with E-state index in [1.165, 1.54) is 22.5 Å². The molecule has 2 aromatic carbocycles. The van der Waals surface area contributed by atoms with E-state index in [1.807, 2.05) is 0 Å². The summed E-state index contributed by atoms with van der Waals surface area (Å²) in [4.78, 5) is 7.74. The van der Waals surface area contributed by atoms with Crippen LogP contribution in [0.15, 0.2) is 53.5 Å². The summed E-state index contributed by atoms with van der Waals surface area (Å²) in [6, 6.07) is 17.6. The zero-order chi connectivity index (χ0) is 19.7. The van der Waals surface area contributed by atoms with E-state index in [0.717, 1.165) is 51.5 Å². The third kappa shape index (κ3) is 3.53. The number of hydrogen-bond donors (Lipinski definition) is 1. The van der Waals surface area contributed by atoms with Gasteiger partial charge in [0.05, 0.1) is 36.1 Å². The molecule has 3 aliphatic heterocycles. The lowest BCUT2D eigenvalue weighted by molar-refractivity contribution is 0.0771. The molecule has 152 valence electrons. The van der Waals surface area contributed by atoms with Crippen LogP contribution in [0, 0.1) is 6.92 Å². The maximum atomic E-state index is 5.79. The van der Waals surface area contributed by atoms with Crippen LogP contribution in [0.2, 0.25) is 0 Å². The molecule has 0 amide bonds. The highest BCUT2D eigenvalue weighted by molar-refractivity contribution is 6.11. The molecule has 2 fully saturated rings. The molecule has 0 saturated carbocycles. The number of anilines is 2. The third-order valence-corrected chi connectivity index (χ3v) is 6.30. The summed E-state index contributed by atoms with van der Waals surface area (Å²) in [5.41, 5.74) is 4.75.